The predicted octanol–water partition coefficient (Wildman–Crippen LogP) is 2.25. The fourth-order valence-electron chi connectivity index (χ4n) is 1.84. The maximum atomic E-state index is 12.2. The van der Waals surface area contributed by atoms with Crippen molar-refractivity contribution in [2.45, 2.75) is 26.8 Å². The summed E-state index contributed by atoms with van der Waals surface area (Å²) in [4.78, 5) is 16.0. The molecule has 0 heterocycles. The molecular weight excluding hydrogens is 252 g/mol. The average molecular weight is 278 g/mol. The van der Waals surface area contributed by atoms with Crippen molar-refractivity contribution >= 4 is 5.91 Å². The number of hydrogen-bond acceptors (Lipinski definition) is 3. The van der Waals surface area contributed by atoms with Gasteiger partial charge in [0, 0.05) is 7.05 Å². The molecule has 1 atom stereocenters. The fraction of sp³-hybridized carbons (Fsp3) is 0.562. The van der Waals surface area contributed by atoms with Crippen LogP contribution in [0.2, 0.25) is 0 Å². The van der Waals surface area contributed by atoms with Crippen LogP contribution in [0, 0.1) is 0 Å². The molecule has 0 bridgehead atoms. The molecular formula is C16H26N2O2. The van der Waals surface area contributed by atoms with E-state index < -0.39 is 0 Å². The van der Waals surface area contributed by atoms with Crippen molar-refractivity contribution in [3.05, 3.63) is 30.3 Å². The molecule has 0 saturated carbocycles. The number of rotatable bonds is 8. The summed E-state index contributed by atoms with van der Waals surface area (Å²) < 4.78 is 5.69. The van der Waals surface area contributed by atoms with E-state index in [1.807, 2.05) is 44.3 Å². The van der Waals surface area contributed by atoms with E-state index in [0.29, 0.717) is 13.2 Å². The summed E-state index contributed by atoms with van der Waals surface area (Å²) in [6, 6.07) is 9.73. The number of ether oxygens (including phenoxy) is 1. The average Bonchev–Trinajstić information content (AvgIpc) is 2.50. The molecule has 1 aromatic carbocycles. The number of carbonyl (C=O) groups excluding carboxylic acids is 1. The second kappa shape index (κ2) is 8.59. The van der Waals surface area contributed by atoms with E-state index in [2.05, 4.69) is 18.7 Å². The van der Waals surface area contributed by atoms with Gasteiger partial charge in [0.15, 0.2) is 0 Å². The van der Waals surface area contributed by atoms with Crippen LogP contribution in [0.5, 0.6) is 5.75 Å². The molecule has 1 amide bonds. The molecule has 0 saturated heterocycles. The molecule has 0 aliphatic carbocycles. The van der Waals surface area contributed by atoms with Crippen molar-refractivity contribution in [2.75, 3.05) is 33.3 Å². The van der Waals surface area contributed by atoms with Crippen molar-refractivity contribution in [1.29, 1.82) is 0 Å². The van der Waals surface area contributed by atoms with Gasteiger partial charge in [-0.25, -0.2) is 0 Å². The molecule has 1 rings (SSSR count). The van der Waals surface area contributed by atoms with Gasteiger partial charge in [0.2, 0.25) is 5.91 Å². The minimum atomic E-state index is 0.0540. The summed E-state index contributed by atoms with van der Waals surface area (Å²) in [6.07, 6.45) is 0. The van der Waals surface area contributed by atoms with Crippen LogP contribution in [-0.4, -0.2) is 55.0 Å². The van der Waals surface area contributed by atoms with Gasteiger partial charge in [0.1, 0.15) is 12.4 Å². The zero-order valence-corrected chi connectivity index (χ0v) is 13.0. The Balaban J connectivity index is 2.41. The maximum absolute atomic E-state index is 12.2. The van der Waals surface area contributed by atoms with Gasteiger partial charge in [0.05, 0.1) is 12.6 Å². The van der Waals surface area contributed by atoms with Crippen LogP contribution in [0.15, 0.2) is 30.3 Å². The smallest absolute Gasteiger partial charge is 0.236 e. The Kier molecular flexibility index (Phi) is 7.09. The molecule has 1 unspecified atom stereocenters. The standard InChI is InChI=1S/C16H26N2O2/c1-5-18(6-2)12-16(19)17(4)14(3)13-20-15-10-8-7-9-11-15/h7-11,14H,5-6,12-13H2,1-4H3. The molecule has 0 aliphatic rings. The summed E-state index contributed by atoms with van der Waals surface area (Å²) >= 11 is 0. The van der Waals surface area contributed by atoms with Crippen molar-refractivity contribution in [3.8, 4) is 5.75 Å². The molecule has 0 spiro atoms. The number of carbonyl (C=O) groups is 1. The topological polar surface area (TPSA) is 32.8 Å². The summed E-state index contributed by atoms with van der Waals surface area (Å²) in [5.41, 5.74) is 0. The van der Waals surface area contributed by atoms with Crippen LogP contribution in [0.4, 0.5) is 0 Å². The van der Waals surface area contributed by atoms with Gasteiger partial charge in [-0.05, 0) is 32.1 Å². The molecule has 0 N–H and O–H groups in total. The van der Waals surface area contributed by atoms with Crippen molar-refractivity contribution in [3.63, 3.8) is 0 Å². The normalized spacial score (nSPS) is 12.2. The molecule has 4 nitrogen and oxygen atoms in total. The predicted molar refractivity (Wildman–Crippen MR) is 82.0 cm³/mol. The van der Waals surface area contributed by atoms with E-state index >= 15 is 0 Å². The molecule has 20 heavy (non-hydrogen) atoms. The fourth-order valence-corrected chi connectivity index (χ4v) is 1.84. The Hall–Kier alpha value is -1.55. The summed E-state index contributed by atoms with van der Waals surface area (Å²) in [7, 11) is 1.84. The third kappa shape index (κ3) is 5.21. The van der Waals surface area contributed by atoms with Crippen molar-refractivity contribution in [1.82, 2.24) is 9.80 Å². The lowest BCUT2D eigenvalue weighted by Gasteiger charge is -2.27. The lowest BCUT2D eigenvalue weighted by atomic mass is 10.3. The maximum Gasteiger partial charge on any atom is 0.236 e. The lowest BCUT2D eigenvalue weighted by molar-refractivity contribution is -0.133. The first-order valence-electron chi connectivity index (χ1n) is 7.24. The van der Waals surface area contributed by atoms with Gasteiger partial charge in [-0.2, -0.15) is 0 Å². The zero-order chi connectivity index (χ0) is 15.0. The van der Waals surface area contributed by atoms with Crippen LogP contribution in [-0.2, 0) is 4.79 Å². The second-order valence-corrected chi connectivity index (χ2v) is 4.94. The van der Waals surface area contributed by atoms with Gasteiger partial charge in [-0.15, -0.1) is 0 Å². The highest BCUT2D eigenvalue weighted by Gasteiger charge is 2.18. The number of nitrogens with zero attached hydrogens (tertiary/aromatic N) is 2. The number of hydrogen-bond donors (Lipinski definition) is 0. The van der Waals surface area contributed by atoms with Gasteiger partial charge >= 0.3 is 0 Å². The van der Waals surface area contributed by atoms with Crippen molar-refractivity contribution in [2.24, 2.45) is 0 Å². The van der Waals surface area contributed by atoms with Crippen LogP contribution in [0.25, 0.3) is 0 Å². The SMILES string of the molecule is CCN(CC)CC(=O)N(C)C(C)COc1ccccc1. The van der Waals surface area contributed by atoms with Gasteiger partial charge in [0.25, 0.3) is 0 Å². The molecule has 0 fully saturated rings. The summed E-state index contributed by atoms with van der Waals surface area (Å²) in [5.74, 6) is 0.974. The highest BCUT2D eigenvalue weighted by Crippen LogP contribution is 2.09. The van der Waals surface area contributed by atoms with Crippen LogP contribution in [0.3, 0.4) is 0 Å². The lowest BCUT2D eigenvalue weighted by Crippen LogP contribution is -2.44. The molecule has 0 radical (unpaired) electrons. The second-order valence-electron chi connectivity index (χ2n) is 4.94. The molecule has 1 aromatic rings. The summed E-state index contributed by atoms with van der Waals surface area (Å²) in [5, 5.41) is 0. The zero-order valence-electron chi connectivity index (χ0n) is 13.0. The number of likely N-dealkylation sites (N-methyl/N-ethyl adjacent to an activating group) is 2. The first-order chi connectivity index (χ1) is 9.58. The highest BCUT2D eigenvalue weighted by molar-refractivity contribution is 5.78. The monoisotopic (exact) mass is 278 g/mol. The number of para-hydroxylation sites is 1. The van der Waals surface area contributed by atoms with Crippen LogP contribution in [0.1, 0.15) is 20.8 Å². The van der Waals surface area contributed by atoms with Crippen LogP contribution >= 0.6 is 0 Å². The first-order valence-corrected chi connectivity index (χ1v) is 7.24. The van der Waals surface area contributed by atoms with E-state index in [1.165, 1.54) is 0 Å². The van der Waals surface area contributed by atoms with Gasteiger partial charge in [-0.1, -0.05) is 32.0 Å². The van der Waals surface area contributed by atoms with E-state index in [0.717, 1.165) is 18.8 Å². The Morgan fingerprint density at radius 1 is 1.20 bits per heavy atom. The van der Waals surface area contributed by atoms with Crippen LogP contribution < -0.4 is 4.74 Å². The Bertz CT molecular complexity index is 391. The van der Waals surface area contributed by atoms with E-state index in [4.69, 9.17) is 4.74 Å². The van der Waals surface area contributed by atoms with E-state index in [-0.39, 0.29) is 11.9 Å². The molecule has 112 valence electrons. The van der Waals surface area contributed by atoms with E-state index in [1.54, 1.807) is 4.90 Å². The molecule has 0 aromatic heterocycles. The number of benzene rings is 1. The molecule has 4 heteroatoms. The Morgan fingerprint density at radius 3 is 2.35 bits per heavy atom. The minimum Gasteiger partial charge on any atom is -0.491 e. The molecule has 0 aliphatic heterocycles. The number of amides is 1. The highest BCUT2D eigenvalue weighted by atomic mass is 16.5. The summed E-state index contributed by atoms with van der Waals surface area (Å²) in [6.45, 7) is 8.90. The minimum absolute atomic E-state index is 0.0540. The first kappa shape index (κ1) is 16.5. The Morgan fingerprint density at radius 2 is 1.80 bits per heavy atom. The Labute approximate surface area is 122 Å². The quantitative estimate of drug-likeness (QED) is 0.731. The largest absolute Gasteiger partial charge is 0.491 e. The van der Waals surface area contributed by atoms with Gasteiger partial charge in [-0.3, -0.25) is 9.69 Å². The van der Waals surface area contributed by atoms with Gasteiger partial charge < -0.3 is 9.64 Å². The third-order valence-corrected chi connectivity index (χ3v) is 3.54. The van der Waals surface area contributed by atoms with Crippen molar-refractivity contribution < 1.29 is 9.53 Å². The third-order valence-electron chi connectivity index (χ3n) is 3.54. The van der Waals surface area contributed by atoms with E-state index in [9.17, 15) is 4.79 Å².